The number of halogens is 1. The van der Waals surface area contributed by atoms with Crippen molar-refractivity contribution in [3.8, 4) is 0 Å². The number of carbonyl (C=O) groups excluding carboxylic acids is 3. The summed E-state index contributed by atoms with van der Waals surface area (Å²) in [7, 11) is 0. The van der Waals surface area contributed by atoms with E-state index in [4.69, 9.17) is 9.47 Å². The molecule has 0 saturated carbocycles. The maximum atomic E-state index is 14.7. The topological polar surface area (TPSA) is 96.4 Å². The maximum Gasteiger partial charge on any atom is 0.312 e. The van der Waals surface area contributed by atoms with Crippen molar-refractivity contribution in [2.24, 2.45) is 17.8 Å². The molecule has 38 heavy (non-hydrogen) atoms. The summed E-state index contributed by atoms with van der Waals surface area (Å²) in [5.74, 6) is -2.90. The molecule has 3 unspecified atom stereocenters. The van der Waals surface area contributed by atoms with Gasteiger partial charge >= 0.3 is 5.97 Å². The number of nitrogens with zero attached hydrogens (tertiary/aromatic N) is 2. The predicted molar refractivity (Wildman–Crippen MR) is 148 cm³/mol. The molecule has 2 amide bonds. The first-order valence-electron chi connectivity index (χ1n) is 13.5. The van der Waals surface area contributed by atoms with Gasteiger partial charge in [-0.3, -0.25) is 14.4 Å². The number of aliphatic hydroxyl groups excluding tert-OH is 1. The molecule has 1 N–H and O–H groups in total. The number of anilines is 1. The van der Waals surface area contributed by atoms with Crippen LogP contribution in [0.25, 0.3) is 0 Å². The fourth-order valence-corrected chi connectivity index (χ4v) is 7.56. The van der Waals surface area contributed by atoms with Crippen molar-refractivity contribution in [3.05, 3.63) is 42.0 Å². The van der Waals surface area contributed by atoms with E-state index >= 15 is 0 Å². The molecule has 1 spiro atoms. The van der Waals surface area contributed by atoms with Crippen LogP contribution in [0.15, 0.2) is 30.9 Å². The molecule has 3 saturated heterocycles. The lowest BCUT2D eigenvalue weighted by molar-refractivity contribution is -0.155. The van der Waals surface area contributed by atoms with Crippen LogP contribution in [0.4, 0.5) is 5.69 Å². The Labute approximate surface area is 233 Å². The molecule has 9 heteroatoms. The molecule has 0 aliphatic carbocycles. The van der Waals surface area contributed by atoms with E-state index in [1.807, 2.05) is 45.9 Å². The molecule has 8 nitrogen and oxygen atoms in total. The highest BCUT2D eigenvalue weighted by Crippen LogP contribution is 2.61. The van der Waals surface area contributed by atoms with Crippen LogP contribution in [0.5, 0.6) is 0 Å². The van der Waals surface area contributed by atoms with Crippen LogP contribution in [-0.4, -0.2) is 76.2 Å². The zero-order chi connectivity index (χ0) is 27.9. The Morgan fingerprint density at radius 3 is 2.68 bits per heavy atom. The van der Waals surface area contributed by atoms with Gasteiger partial charge in [0.1, 0.15) is 11.6 Å². The van der Waals surface area contributed by atoms with Crippen molar-refractivity contribution in [2.75, 3.05) is 24.7 Å². The van der Waals surface area contributed by atoms with Crippen LogP contribution in [0, 0.1) is 31.6 Å². The number of aliphatic hydroxyl groups is 1. The molecule has 1 aromatic rings. The molecular formula is C29H39BrN2O6. The number of likely N-dealkylation sites (tertiary alicyclic amines) is 1. The van der Waals surface area contributed by atoms with Crippen molar-refractivity contribution in [3.63, 3.8) is 0 Å². The minimum atomic E-state index is -1.22. The highest BCUT2D eigenvalue weighted by atomic mass is 79.9. The van der Waals surface area contributed by atoms with E-state index in [-0.39, 0.29) is 42.3 Å². The lowest BCUT2D eigenvalue weighted by Gasteiger charge is -2.41. The average molecular weight is 592 g/mol. The Kier molecular flexibility index (Phi) is 8.40. The first kappa shape index (κ1) is 28.8. The van der Waals surface area contributed by atoms with Crippen molar-refractivity contribution in [2.45, 2.75) is 76.1 Å². The number of alkyl halides is 1. The molecule has 0 radical (unpaired) electrons. The number of amides is 2. The van der Waals surface area contributed by atoms with Gasteiger partial charge in [0, 0.05) is 17.1 Å². The summed E-state index contributed by atoms with van der Waals surface area (Å²) in [5.41, 5.74) is 1.42. The van der Waals surface area contributed by atoms with Gasteiger partial charge in [0.15, 0.2) is 0 Å². The molecule has 3 aliphatic heterocycles. The molecule has 3 aliphatic rings. The first-order chi connectivity index (χ1) is 18.1. The summed E-state index contributed by atoms with van der Waals surface area (Å²) in [6, 6.07) is 4.28. The number of carbonyl (C=O) groups is 3. The van der Waals surface area contributed by atoms with Gasteiger partial charge in [0.05, 0.1) is 37.2 Å². The van der Waals surface area contributed by atoms with Crippen LogP contribution < -0.4 is 4.90 Å². The summed E-state index contributed by atoms with van der Waals surface area (Å²) in [4.78, 5) is 45.1. The number of fused-ring (bicyclic) bond motifs is 1. The largest absolute Gasteiger partial charge is 0.466 e. The highest BCUT2D eigenvalue weighted by molar-refractivity contribution is 9.09. The molecule has 208 valence electrons. The SMILES string of the molecule is C=CCN(C(=O)C1N([C@@H](CO)[C@@H](C)CC)C(=O)[C@@H]2[C@@H](C(=O)OCC)[C@@H]3OC12CC3Br)c1cc(C)ccc1C. The lowest BCUT2D eigenvalue weighted by atomic mass is 9.70. The smallest absolute Gasteiger partial charge is 0.312 e. The molecular weight excluding hydrogens is 552 g/mol. The van der Waals surface area contributed by atoms with Crippen LogP contribution >= 0.6 is 15.9 Å². The zero-order valence-electron chi connectivity index (χ0n) is 22.9. The fraction of sp³-hybridized carbons (Fsp3) is 0.621. The number of esters is 1. The number of hydrogen-bond acceptors (Lipinski definition) is 6. The van der Waals surface area contributed by atoms with Gasteiger partial charge in [-0.15, -0.1) is 6.58 Å². The van der Waals surface area contributed by atoms with Crippen LogP contribution in [0.2, 0.25) is 0 Å². The monoisotopic (exact) mass is 590 g/mol. The Balaban J connectivity index is 1.89. The van der Waals surface area contributed by atoms with Gasteiger partial charge in [-0.1, -0.05) is 54.4 Å². The zero-order valence-corrected chi connectivity index (χ0v) is 24.4. The normalized spacial score (nSPS) is 31.2. The molecule has 2 bridgehead atoms. The average Bonchev–Trinajstić information content (AvgIpc) is 3.48. The minimum absolute atomic E-state index is 0.0824. The third kappa shape index (κ3) is 4.40. The molecule has 3 fully saturated rings. The van der Waals surface area contributed by atoms with Crippen molar-refractivity contribution in [1.29, 1.82) is 0 Å². The van der Waals surface area contributed by atoms with Gasteiger partial charge in [0.2, 0.25) is 5.91 Å². The first-order valence-corrected chi connectivity index (χ1v) is 14.4. The molecule has 8 atom stereocenters. The highest BCUT2D eigenvalue weighted by Gasteiger charge is 2.77. The second-order valence-electron chi connectivity index (χ2n) is 10.8. The molecule has 1 aromatic carbocycles. The van der Waals surface area contributed by atoms with Crippen molar-refractivity contribution in [1.82, 2.24) is 4.90 Å². The van der Waals surface area contributed by atoms with Gasteiger partial charge in [0.25, 0.3) is 5.91 Å². The van der Waals surface area contributed by atoms with E-state index in [2.05, 4.69) is 22.5 Å². The van der Waals surface area contributed by atoms with Crippen LogP contribution in [0.3, 0.4) is 0 Å². The maximum absolute atomic E-state index is 14.7. The van der Waals surface area contributed by atoms with E-state index in [0.29, 0.717) is 12.8 Å². The molecule has 4 rings (SSSR count). The van der Waals surface area contributed by atoms with E-state index < -0.39 is 41.6 Å². The summed E-state index contributed by atoms with van der Waals surface area (Å²) in [6.07, 6.45) is 2.18. The number of benzene rings is 1. The van der Waals surface area contributed by atoms with Crippen molar-refractivity contribution < 1.29 is 29.0 Å². The molecule has 3 heterocycles. The van der Waals surface area contributed by atoms with Crippen LogP contribution in [-0.2, 0) is 23.9 Å². The summed E-state index contributed by atoms with van der Waals surface area (Å²) < 4.78 is 12.0. The summed E-state index contributed by atoms with van der Waals surface area (Å²) in [6.45, 7) is 13.6. The second-order valence-corrected chi connectivity index (χ2v) is 12.0. The quantitative estimate of drug-likeness (QED) is 0.254. The Hall–Kier alpha value is -2.23. The third-order valence-corrected chi connectivity index (χ3v) is 9.44. The lowest BCUT2D eigenvalue weighted by Crippen LogP contribution is -2.60. The van der Waals surface area contributed by atoms with Gasteiger partial charge in [-0.05, 0) is 50.3 Å². The number of aryl methyl sites for hydroxylation is 2. The fourth-order valence-electron chi connectivity index (χ4n) is 6.62. The minimum Gasteiger partial charge on any atom is -0.466 e. The Morgan fingerprint density at radius 1 is 1.37 bits per heavy atom. The van der Waals surface area contributed by atoms with E-state index in [1.54, 1.807) is 17.9 Å². The van der Waals surface area contributed by atoms with E-state index in [9.17, 15) is 19.5 Å². The van der Waals surface area contributed by atoms with Gasteiger partial charge in [-0.25, -0.2) is 0 Å². The van der Waals surface area contributed by atoms with Gasteiger partial charge < -0.3 is 24.4 Å². The second kappa shape index (κ2) is 11.1. The predicted octanol–water partition coefficient (Wildman–Crippen LogP) is 3.54. The number of hydrogen-bond donors (Lipinski definition) is 1. The van der Waals surface area contributed by atoms with Gasteiger partial charge in [-0.2, -0.15) is 0 Å². The van der Waals surface area contributed by atoms with Crippen molar-refractivity contribution >= 4 is 39.4 Å². The summed E-state index contributed by atoms with van der Waals surface area (Å²) >= 11 is 3.68. The van der Waals surface area contributed by atoms with Crippen LogP contribution in [0.1, 0.15) is 44.7 Å². The third-order valence-electron chi connectivity index (χ3n) is 8.60. The standard InChI is InChI=1S/C29H39BrN2O6/c1-7-12-31(20-13-16(4)10-11-18(20)6)27(35)25-29-14-19(30)24(38-29)22(28(36)37-9-3)23(29)26(34)32(25)21(15-33)17(5)8-2/h7,10-11,13,17,19,21-25,33H,1,8-9,12,14-15H2,2-6H3/t17-,19?,21-,22+,23-,24+,25?,29?/m0/s1. The molecule has 0 aromatic heterocycles. The Morgan fingerprint density at radius 2 is 2.08 bits per heavy atom. The summed E-state index contributed by atoms with van der Waals surface area (Å²) in [5, 5.41) is 10.5. The van der Waals surface area contributed by atoms with E-state index in [1.165, 1.54) is 4.90 Å². The number of rotatable bonds is 10. The number of ether oxygens (including phenoxy) is 2. The van der Waals surface area contributed by atoms with E-state index in [0.717, 1.165) is 16.8 Å². The Bertz CT molecular complexity index is 1110.